The predicted octanol–water partition coefficient (Wildman–Crippen LogP) is 1.80. The number of hydrogen-bond donors (Lipinski definition) is 1. The molecule has 0 bridgehead atoms. The minimum absolute atomic E-state index is 0.614. The van der Waals surface area contributed by atoms with Gasteiger partial charge < -0.3 is 19.9 Å². The summed E-state index contributed by atoms with van der Waals surface area (Å²) >= 11 is 0. The highest BCUT2D eigenvalue weighted by molar-refractivity contribution is 5.79. The van der Waals surface area contributed by atoms with E-state index in [4.69, 9.17) is 4.74 Å². The highest BCUT2D eigenvalue weighted by Crippen LogP contribution is 2.14. The Morgan fingerprint density at radius 2 is 2.00 bits per heavy atom. The predicted molar refractivity (Wildman–Crippen MR) is 92.5 cm³/mol. The summed E-state index contributed by atoms with van der Waals surface area (Å²) in [7, 11) is 8.02. The summed E-state index contributed by atoms with van der Waals surface area (Å²) in [6.45, 7) is 3.53. The molecule has 1 heterocycles. The SMILES string of the molecule is CN=C(NCc1ccc(N(C)C)cc1)N(C)CC1CCOC1. The summed E-state index contributed by atoms with van der Waals surface area (Å²) in [6.07, 6.45) is 1.15. The lowest BCUT2D eigenvalue weighted by atomic mass is 10.1. The van der Waals surface area contributed by atoms with Crippen molar-refractivity contribution >= 4 is 11.6 Å². The number of benzene rings is 1. The van der Waals surface area contributed by atoms with Crippen molar-refractivity contribution in [3.05, 3.63) is 29.8 Å². The molecular weight excluding hydrogens is 276 g/mol. The highest BCUT2D eigenvalue weighted by Gasteiger charge is 2.18. The van der Waals surface area contributed by atoms with E-state index in [0.717, 1.165) is 38.7 Å². The number of rotatable bonds is 5. The summed E-state index contributed by atoms with van der Waals surface area (Å²) < 4.78 is 5.44. The van der Waals surface area contributed by atoms with Gasteiger partial charge in [0.25, 0.3) is 0 Å². The molecule has 1 unspecified atom stereocenters. The average Bonchev–Trinajstić information content (AvgIpc) is 3.01. The van der Waals surface area contributed by atoms with Crippen LogP contribution in [0.2, 0.25) is 0 Å². The van der Waals surface area contributed by atoms with Crippen LogP contribution in [0.1, 0.15) is 12.0 Å². The third-order valence-electron chi connectivity index (χ3n) is 4.03. The minimum atomic E-state index is 0.614. The number of nitrogens with zero attached hydrogens (tertiary/aromatic N) is 3. The first-order valence-corrected chi connectivity index (χ1v) is 7.86. The van der Waals surface area contributed by atoms with Crippen LogP contribution < -0.4 is 10.2 Å². The zero-order chi connectivity index (χ0) is 15.9. The van der Waals surface area contributed by atoms with Crippen molar-refractivity contribution in [3.63, 3.8) is 0 Å². The molecule has 0 radical (unpaired) electrons. The van der Waals surface area contributed by atoms with Crippen molar-refractivity contribution < 1.29 is 4.74 Å². The molecule has 1 fully saturated rings. The molecule has 0 aliphatic carbocycles. The Morgan fingerprint density at radius 1 is 1.27 bits per heavy atom. The van der Waals surface area contributed by atoms with Gasteiger partial charge in [0.15, 0.2) is 5.96 Å². The van der Waals surface area contributed by atoms with Crippen molar-refractivity contribution in [3.8, 4) is 0 Å². The second kappa shape index (κ2) is 8.03. The number of guanidine groups is 1. The number of ether oxygens (including phenoxy) is 1. The topological polar surface area (TPSA) is 40.1 Å². The first-order valence-electron chi connectivity index (χ1n) is 7.86. The Bertz CT molecular complexity index is 478. The number of aliphatic imine (C=N–C) groups is 1. The Hall–Kier alpha value is -1.75. The summed E-state index contributed by atoms with van der Waals surface area (Å²) in [5, 5.41) is 3.43. The molecule has 1 aliphatic rings. The molecule has 22 heavy (non-hydrogen) atoms. The van der Waals surface area contributed by atoms with Crippen LogP contribution in [0.4, 0.5) is 5.69 Å². The first kappa shape index (κ1) is 16.6. The summed E-state index contributed by atoms with van der Waals surface area (Å²) in [5.74, 6) is 1.55. The summed E-state index contributed by atoms with van der Waals surface area (Å²) in [6, 6.07) is 8.58. The molecule has 5 nitrogen and oxygen atoms in total. The van der Waals surface area contributed by atoms with Gasteiger partial charge >= 0.3 is 0 Å². The van der Waals surface area contributed by atoms with Crippen LogP contribution in [0, 0.1) is 5.92 Å². The molecule has 5 heteroatoms. The van der Waals surface area contributed by atoms with Crippen LogP contribution in [-0.4, -0.2) is 58.8 Å². The Kier molecular flexibility index (Phi) is 6.07. The second-order valence-electron chi connectivity index (χ2n) is 6.07. The van der Waals surface area contributed by atoms with E-state index >= 15 is 0 Å². The summed E-state index contributed by atoms with van der Waals surface area (Å²) in [5.41, 5.74) is 2.47. The lowest BCUT2D eigenvalue weighted by Gasteiger charge is -2.24. The molecule has 1 N–H and O–H groups in total. The van der Waals surface area contributed by atoms with Gasteiger partial charge in [0.2, 0.25) is 0 Å². The second-order valence-corrected chi connectivity index (χ2v) is 6.07. The van der Waals surface area contributed by atoms with Gasteiger partial charge in [-0.25, -0.2) is 0 Å². The zero-order valence-electron chi connectivity index (χ0n) is 14.2. The normalized spacial score (nSPS) is 18.4. The fourth-order valence-electron chi connectivity index (χ4n) is 2.68. The van der Waals surface area contributed by atoms with Gasteiger partial charge in [0, 0.05) is 59.5 Å². The molecule has 1 aromatic carbocycles. The van der Waals surface area contributed by atoms with Gasteiger partial charge in [-0.3, -0.25) is 4.99 Å². The molecule has 0 aromatic heterocycles. The van der Waals surface area contributed by atoms with Gasteiger partial charge in [-0.05, 0) is 24.1 Å². The van der Waals surface area contributed by atoms with Crippen molar-refractivity contribution in [1.29, 1.82) is 0 Å². The third-order valence-corrected chi connectivity index (χ3v) is 4.03. The van der Waals surface area contributed by atoms with Gasteiger partial charge in [-0.1, -0.05) is 12.1 Å². The molecule has 1 saturated heterocycles. The van der Waals surface area contributed by atoms with Crippen LogP contribution in [0.25, 0.3) is 0 Å². The fourth-order valence-corrected chi connectivity index (χ4v) is 2.68. The number of hydrogen-bond acceptors (Lipinski definition) is 3. The maximum atomic E-state index is 5.44. The van der Waals surface area contributed by atoms with Gasteiger partial charge in [-0.2, -0.15) is 0 Å². The average molecular weight is 304 g/mol. The van der Waals surface area contributed by atoms with Gasteiger partial charge in [0.05, 0.1) is 6.61 Å². The molecule has 122 valence electrons. The van der Waals surface area contributed by atoms with E-state index in [0.29, 0.717) is 5.92 Å². The Morgan fingerprint density at radius 3 is 2.55 bits per heavy atom. The van der Waals surface area contributed by atoms with Crippen LogP contribution >= 0.6 is 0 Å². The Labute approximate surface area is 134 Å². The van der Waals surface area contributed by atoms with E-state index in [1.54, 1.807) is 0 Å². The first-order chi connectivity index (χ1) is 10.6. The maximum absolute atomic E-state index is 5.44. The molecule has 1 aliphatic heterocycles. The lowest BCUT2D eigenvalue weighted by Crippen LogP contribution is -2.41. The van der Waals surface area contributed by atoms with E-state index in [2.05, 4.69) is 65.5 Å². The van der Waals surface area contributed by atoms with E-state index in [9.17, 15) is 0 Å². The monoisotopic (exact) mass is 304 g/mol. The standard InChI is InChI=1S/C17H28N4O/c1-18-17(21(4)12-15-9-10-22-13-15)19-11-14-5-7-16(8-6-14)20(2)3/h5-8,15H,9-13H2,1-4H3,(H,18,19). The van der Waals surface area contributed by atoms with Crippen molar-refractivity contribution in [2.45, 2.75) is 13.0 Å². The van der Waals surface area contributed by atoms with Crippen molar-refractivity contribution in [1.82, 2.24) is 10.2 Å². The smallest absolute Gasteiger partial charge is 0.193 e. The van der Waals surface area contributed by atoms with Crippen LogP contribution in [0.15, 0.2) is 29.3 Å². The molecular formula is C17H28N4O. The van der Waals surface area contributed by atoms with Crippen molar-refractivity contribution in [2.24, 2.45) is 10.9 Å². The van der Waals surface area contributed by atoms with Crippen LogP contribution in [-0.2, 0) is 11.3 Å². The molecule has 1 atom stereocenters. The maximum Gasteiger partial charge on any atom is 0.193 e. The van der Waals surface area contributed by atoms with E-state index in [1.165, 1.54) is 11.3 Å². The largest absolute Gasteiger partial charge is 0.381 e. The molecule has 1 aromatic rings. The van der Waals surface area contributed by atoms with Gasteiger partial charge in [-0.15, -0.1) is 0 Å². The number of anilines is 1. The minimum Gasteiger partial charge on any atom is -0.381 e. The quantitative estimate of drug-likeness (QED) is 0.665. The summed E-state index contributed by atoms with van der Waals surface area (Å²) in [4.78, 5) is 8.67. The van der Waals surface area contributed by atoms with E-state index in [-0.39, 0.29) is 0 Å². The van der Waals surface area contributed by atoms with E-state index in [1.807, 2.05) is 7.05 Å². The molecule has 0 amide bonds. The molecule has 0 saturated carbocycles. The van der Waals surface area contributed by atoms with Crippen LogP contribution in [0.5, 0.6) is 0 Å². The van der Waals surface area contributed by atoms with Crippen molar-refractivity contribution in [2.75, 3.05) is 52.8 Å². The van der Waals surface area contributed by atoms with Crippen LogP contribution in [0.3, 0.4) is 0 Å². The lowest BCUT2D eigenvalue weighted by molar-refractivity contribution is 0.181. The Balaban J connectivity index is 1.84. The zero-order valence-corrected chi connectivity index (χ0v) is 14.2. The number of nitrogens with one attached hydrogen (secondary N) is 1. The highest BCUT2D eigenvalue weighted by atomic mass is 16.5. The third kappa shape index (κ3) is 4.63. The molecule has 0 spiro atoms. The van der Waals surface area contributed by atoms with Gasteiger partial charge in [0.1, 0.15) is 0 Å². The fraction of sp³-hybridized carbons (Fsp3) is 0.588. The molecule has 2 rings (SSSR count). The van der Waals surface area contributed by atoms with E-state index < -0.39 is 0 Å².